The van der Waals surface area contributed by atoms with E-state index in [1.165, 1.54) is 10.6 Å². The number of fused-ring (bicyclic) bond motifs is 1. The Balaban J connectivity index is 1.79. The maximum absolute atomic E-state index is 12.7. The van der Waals surface area contributed by atoms with Crippen molar-refractivity contribution >= 4 is 16.8 Å². The van der Waals surface area contributed by atoms with Gasteiger partial charge in [0.15, 0.2) is 5.82 Å². The molecule has 2 heterocycles. The van der Waals surface area contributed by atoms with Crippen molar-refractivity contribution in [1.82, 2.24) is 20.0 Å². The maximum Gasteiger partial charge on any atom is 0.258 e. The van der Waals surface area contributed by atoms with Crippen LogP contribution >= 0.6 is 0 Å². The van der Waals surface area contributed by atoms with Crippen molar-refractivity contribution in [3.63, 3.8) is 0 Å². The Labute approximate surface area is 150 Å². The Hall–Kier alpha value is -2.96. The summed E-state index contributed by atoms with van der Waals surface area (Å²) in [5.41, 5.74) is 0.995. The van der Waals surface area contributed by atoms with E-state index in [9.17, 15) is 9.59 Å². The van der Waals surface area contributed by atoms with E-state index in [2.05, 4.69) is 15.5 Å². The number of aromatic nitrogens is 3. The van der Waals surface area contributed by atoms with Crippen molar-refractivity contribution in [2.45, 2.75) is 45.2 Å². The second kappa shape index (κ2) is 6.40. The standard InChI is InChI=1S/C19H20N4O3/c1-11(2)20-16(24)10-23-15-6-4-3-5-13(15)14(9-17(23)25)19-21-18(22-26-19)12-7-8-12/h3-6,9,11-12H,7-8,10H2,1-2H3,(H,20,24). The second-order valence-electron chi connectivity index (χ2n) is 6.95. The Morgan fingerprint density at radius 2 is 2.12 bits per heavy atom. The van der Waals surface area contributed by atoms with Crippen molar-refractivity contribution in [2.75, 3.05) is 0 Å². The van der Waals surface area contributed by atoms with Crippen LogP contribution in [-0.2, 0) is 11.3 Å². The van der Waals surface area contributed by atoms with Crippen LogP contribution in [0.5, 0.6) is 0 Å². The minimum absolute atomic E-state index is 0.0166. The molecule has 7 heteroatoms. The fraction of sp³-hybridized carbons (Fsp3) is 0.368. The summed E-state index contributed by atoms with van der Waals surface area (Å²) in [5, 5.41) is 7.65. The number of rotatable bonds is 5. The van der Waals surface area contributed by atoms with Gasteiger partial charge in [0, 0.05) is 23.4 Å². The van der Waals surface area contributed by atoms with E-state index in [-0.39, 0.29) is 24.1 Å². The van der Waals surface area contributed by atoms with E-state index >= 15 is 0 Å². The Kier molecular flexibility index (Phi) is 4.06. The van der Waals surface area contributed by atoms with Crippen LogP contribution in [0.1, 0.15) is 38.4 Å². The summed E-state index contributed by atoms with van der Waals surface area (Å²) in [7, 11) is 0. The summed E-state index contributed by atoms with van der Waals surface area (Å²) in [6, 6.07) is 8.92. The third-order valence-electron chi connectivity index (χ3n) is 4.38. The summed E-state index contributed by atoms with van der Waals surface area (Å²) in [6.45, 7) is 3.73. The van der Waals surface area contributed by atoms with Gasteiger partial charge in [-0.2, -0.15) is 4.98 Å². The van der Waals surface area contributed by atoms with E-state index in [0.717, 1.165) is 18.2 Å². The van der Waals surface area contributed by atoms with Crippen LogP contribution in [0.2, 0.25) is 0 Å². The van der Waals surface area contributed by atoms with Crippen LogP contribution in [-0.4, -0.2) is 26.7 Å². The van der Waals surface area contributed by atoms with E-state index in [1.54, 1.807) is 0 Å². The quantitative estimate of drug-likeness (QED) is 0.762. The lowest BCUT2D eigenvalue weighted by Gasteiger charge is -2.13. The molecule has 0 atom stereocenters. The van der Waals surface area contributed by atoms with Gasteiger partial charge in [0.1, 0.15) is 6.54 Å². The lowest BCUT2D eigenvalue weighted by Crippen LogP contribution is -2.36. The number of carbonyl (C=O) groups is 1. The monoisotopic (exact) mass is 352 g/mol. The lowest BCUT2D eigenvalue weighted by atomic mass is 10.1. The van der Waals surface area contributed by atoms with Crippen LogP contribution in [0.25, 0.3) is 22.4 Å². The fourth-order valence-corrected chi connectivity index (χ4v) is 3.04. The van der Waals surface area contributed by atoms with Gasteiger partial charge in [-0.3, -0.25) is 14.2 Å². The van der Waals surface area contributed by atoms with Crippen molar-refractivity contribution in [2.24, 2.45) is 0 Å². The summed E-state index contributed by atoms with van der Waals surface area (Å²) in [5.74, 6) is 1.22. The smallest absolute Gasteiger partial charge is 0.258 e. The molecule has 3 aromatic rings. The predicted octanol–water partition coefficient (Wildman–Crippen LogP) is 2.45. The molecular formula is C19H20N4O3. The Bertz CT molecular complexity index is 1030. The zero-order chi connectivity index (χ0) is 18.3. The molecule has 1 N–H and O–H groups in total. The Morgan fingerprint density at radius 1 is 1.35 bits per heavy atom. The summed E-state index contributed by atoms with van der Waals surface area (Å²) in [4.78, 5) is 29.3. The zero-order valence-electron chi connectivity index (χ0n) is 14.7. The third kappa shape index (κ3) is 3.12. The summed E-state index contributed by atoms with van der Waals surface area (Å²) < 4.78 is 6.87. The number of nitrogens with one attached hydrogen (secondary N) is 1. The topological polar surface area (TPSA) is 90.0 Å². The van der Waals surface area contributed by atoms with E-state index in [4.69, 9.17) is 4.52 Å². The van der Waals surface area contributed by atoms with Crippen LogP contribution < -0.4 is 10.9 Å². The molecule has 2 aromatic heterocycles. The average molecular weight is 352 g/mol. The molecule has 0 unspecified atom stereocenters. The van der Waals surface area contributed by atoms with E-state index in [1.807, 2.05) is 38.1 Å². The van der Waals surface area contributed by atoms with Crippen molar-refractivity contribution < 1.29 is 9.32 Å². The molecule has 0 saturated heterocycles. The van der Waals surface area contributed by atoms with Crippen LogP contribution in [0.3, 0.4) is 0 Å². The molecule has 0 bridgehead atoms. The first kappa shape index (κ1) is 16.5. The zero-order valence-corrected chi connectivity index (χ0v) is 14.7. The number of amides is 1. The SMILES string of the molecule is CC(C)NC(=O)Cn1c(=O)cc(-c2nc(C3CC3)no2)c2ccccc21. The number of para-hydroxylation sites is 1. The largest absolute Gasteiger partial charge is 0.352 e. The minimum atomic E-state index is -0.274. The van der Waals surface area contributed by atoms with Gasteiger partial charge in [-0.15, -0.1) is 0 Å². The molecule has 0 aliphatic heterocycles. The highest BCUT2D eigenvalue weighted by molar-refractivity contribution is 5.93. The maximum atomic E-state index is 12.7. The van der Waals surface area contributed by atoms with Crippen LogP contribution in [0, 0.1) is 0 Å². The Morgan fingerprint density at radius 3 is 2.85 bits per heavy atom. The van der Waals surface area contributed by atoms with E-state index < -0.39 is 0 Å². The molecule has 1 amide bonds. The predicted molar refractivity (Wildman–Crippen MR) is 96.8 cm³/mol. The molecule has 26 heavy (non-hydrogen) atoms. The first-order valence-corrected chi connectivity index (χ1v) is 8.79. The molecule has 1 aliphatic rings. The van der Waals surface area contributed by atoms with Gasteiger partial charge in [-0.25, -0.2) is 0 Å². The number of hydrogen-bond acceptors (Lipinski definition) is 5. The first-order chi connectivity index (χ1) is 12.5. The van der Waals surface area contributed by atoms with Crippen molar-refractivity contribution in [1.29, 1.82) is 0 Å². The molecule has 1 aromatic carbocycles. The minimum Gasteiger partial charge on any atom is -0.352 e. The molecule has 1 fully saturated rings. The van der Waals surface area contributed by atoms with Gasteiger partial charge >= 0.3 is 0 Å². The fourth-order valence-electron chi connectivity index (χ4n) is 3.04. The number of nitrogens with zero attached hydrogens (tertiary/aromatic N) is 3. The molecule has 1 aliphatic carbocycles. The summed E-state index contributed by atoms with van der Waals surface area (Å²) >= 11 is 0. The molecule has 7 nitrogen and oxygen atoms in total. The third-order valence-corrected chi connectivity index (χ3v) is 4.38. The van der Waals surface area contributed by atoms with Gasteiger partial charge in [0.05, 0.1) is 11.1 Å². The van der Waals surface area contributed by atoms with Gasteiger partial charge < -0.3 is 9.84 Å². The highest BCUT2D eigenvalue weighted by Gasteiger charge is 2.29. The molecule has 0 radical (unpaired) electrons. The second-order valence-corrected chi connectivity index (χ2v) is 6.95. The number of hydrogen-bond donors (Lipinski definition) is 1. The number of pyridine rings is 1. The van der Waals surface area contributed by atoms with Gasteiger partial charge in [-0.1, -0.05) is 23.4 Å². The summed E-state index contributed by atoms with van der Waals surface area (Å²) in [6.07, 6.45) is 2.15. The molecule has 0 spiro atoms. The van der Waals surface area contributed by atoms with Crippen molar-refractivity contribution in [3.05, 3.63) is 46.5 Å². The van der Waals surface area contributed by atoms with E-state index in [0.29, 0.717) is 28.7 Å². The normalized spacial score (nSPS) is 14.1. The number of benzene rings is 1. The highest BCUT2D eigenvalue weighted by Crippen LogP contribution is 2.39. The molecular weight excluding hydrogens is 332 g/mol. The highest BCUT2D eigenvalue weighted by atomic mass is 16.5. The van der Waals surface area contributed by atoms with Crippen molar-refractivity contribution in [3.8, 4) is 11.5 Å². The first-order valence-electron chi connectivity index (χ1n) is 8.79. The molecule has 4 rings (SSSR count). The molecule has 134 valence electrons. The molecule has 1 saturated carbocycles. The number of carbonyl (C=O) groups excluding carboxylic acids is 1. The van der Waals surface area contributed by atoms with Crippen LogP contribution in [0.15, 0.2) is 39.6 Å². The average Bonchev–Trinajstić information content (AvgIpc) is 3.34. The van der Waals surface area contributed by atoms with Gasteiger partial charge in [-0.05, 0) is 32.8 Å². The van der Waals surface area contributed by atoms with Gasteiger partial charge in [0.2, 0.25) is 5.91 Å². The lowest BCUT2D eigenvalue weighted by molar-refractivity contribution is -0.122. The van der Waals surface area contributed by atoms with Crippen LogP contribution in [0.4, 0.5) is 0 Å². The van der Waals surface area contributed by atoms with Gasteiger partial charge in [0.25, 0.3) is 11.4 Å².